The highest BCUT2D eigenvalue weighted by molar-refractivity contribution is 6.11. The van der Waals surface area contributed by atoms with Gasteiger partial charge in [0.2, 0.25) is 0 Å². The number of aromatic nitrogens is 4. The van der Waals surface area contributed by atoms with Crippen molar-refractivity contribution in [1.82, 2.24) is 19.1 Å². The van der Waals surface area contributed by atoms with Crippen molar-refractivity contribution in [3.63, 3.8) is 0 Å². The van der Waals surface area contributed by atoms with E-state index >= 15 is 0 Å². The topological polar surface area (TPSA) is 35.6 Å². The average Bonchev–Trinajstić information content (AvgIpc) is 3.73. The molecule has 0 aliphatic rings. The molecule has 0 saturated carbocycles. The van der Waals surface area contributed by atoms with Crippen LogP contribution in [0.5, 0.6) is 0 Å². The first-order valence-electron chi connectivity index (χ1n) is 17.7. The van der Waals surface area contributed by atoms with Gasteiger partial charge in [-0.15, -0.1) is 0 Å². The third-order valence-electron chi connectivity index (χ3n) is 10.5. The summed E-state index contributed by atoms with van der Waals surface area (Å²) >= 11 is 0. The molecule has 4 heteroatoms. The number of fused-ring (bicyclic) bond motifs is 8. The van der Waals surface area contributed by atoms with Gasteiger partial charge in [0, 0.05) is 49.8 Å². The Morgan fingerprint density at radius 3 is 1.54 bits per heavy atom. The van der Waals surface area contributed by atoms with Gasteiger partial charge in [-0.1, -0.05) is 115 Å². The average molecular weight is 663 g/mol. The van der Waals surface area contributed by atoms with Gasteiger partial charge in [0.25, 0.3) is 0 Å². The second-order valence-corrected chi connectivity index (χ2v) is 13.5. The standard InChI is InChI=1S/C48H30N4/c1-6-16-42-33(11-1)27-34(30-49-42)31-21-23-32(24-22-31)40-29-48(52-46-19-9-4-14-38(46)39-15-5-10-20-47(39)52)50-43-26-25-35(28-41(40)43)51-44-17-7-2-12-36(44)37-13-3-8-18-45(37)51/h1-30H. The molecule has 242 valence electrons. The maximum absolute atomic E-state index is 5.39. The van der Waals surface area contributed by atoms with Crippen LogP contribution in [-0.2, 0) is 0 Å². The third-order valence-corrected chi connectivity index (χ3v) is 10.5. The lowest BCUT2D eigenvalue weighted by Crippen LogP contribution is -2.00. The molecule has 0 radical (unpaired) electrons. The molecule has 0 atom stereocenters. The smallest absolute Gasteiger partial charge is 0.138 e. The zero-order valence-corrected chi connectivity index (χ0v) is 28.1. The maximum Gasteiger partial charge on any atom is 0.138 e. The van der Waals surface area contributed by atoms with Gasteiger partial charge in [0.05, 0.1) is 33.1 Å². The number of hydrogen-bond acceptors (Lipinski definition) is 2. The van der Waals surface area contributed by atoms with Crippen LogP contribution in [0.1, 0.15) is 0 Å². The maximum atomic E-state index is 5.39. The van der Waals surface area contributed by atoms with E-state index < -0.39 is 0 Å². The molecule has 4 nitrogen and oxygen atoms in total. The third kappa shape index (κ3) is 4.34. The van der Waals surface area contributed by atoms with Crippen molar-refractivity contribution < 1.29 is 0 Å². The summed E-state index contributed by atoms with van der Waals surface area (Å²) in [5.74, 6) is 0.896. The second kappa shape index (κ2) is 11.2. The molecule has 0 aliphatic heterocycles. The zero-order chi connectivity index (χ0) is 34.2. The summed E-state index contributed by atoms with van der Waals surface area (Å²) in [5, 5.41) is 7.17. The van der Waals surface area contributed by atoms with Gasteiger partial charge in [0.15, 0.2) is 0 Å². The van der Waals surface area contributed by atoms with Gasteiger partial charge in [-0.3, -0.25) is 9.55 Å². The minimum Gasteiger partial charge on any atom is -0.309 e. The molecule has 0 amide bonds. The Morgan fingerprint density at radius 2 is 0.904 bits per heavy atom. The number of nitrogens with zero attached hydrogens (tertiary/aromatic N) is 4. The van der Waals surface area contributed by atoms with E-state index in [9.17, 15) is 0 Å². The number of pyridine rings is 2. The molecule has 0 fully saturated rings. The Morgan fingerprint density at radius 1 is 0.365 bits per heavy atom. The molecule has 4 heterocycles. The first kappa shape index (κ1) is 28.8. The Kier molecular flexibility index (Phi) is 6.22. The molecule has 0 aliphatic carbocycles. The van der Waals surface area contributed by atoms with Crippen LogP contribution >= 0.6 is 0 Å². The highest BCUT2D eigenvalue weighted by Gasteiger charge is 2.18. The van der Waals surface area contributed by atoms with Crippen LogP contribution in [0.3, 0.4) is 0 Å². The lowest BCUT2D eigenvalue weighted by Gasteiger charge is -2.15. The normalized spacial score (nSPS) is 11.8. The predicted molar refractivity (Wildman–Crippen MR) is 217 cm³/mol. The summed E-state index contributed by atoms with van der Waals surface area (Å²) in [5.41, 5.74) is 12.2. The number of para-hydroxylation sites is 5. The highest BCUT2D eigenvalue weighted by Crippen LogP contribution is 2.38. The molecule has 11 rings (SSSR count). The summed E-state index contributed by atoms with van der Waals surface area (Å²) in [6.07, 6.45) is 1.97. The molecular weight excluding hydrogens is 633 g/mol. The minimum absolute atomic E-state index is 0.896. The molecule has 52 heavy (non-hydrogen) atoms. The molecule has 4 aromatic heterocycles. The molecule has 0 N–H and O–H groups in total. The molecule has 11 aromatic rings. The summed E-state index contributed by atoms with van der Waals surface area (Å²) in [6.45, 7) is 0. The van der Waals surface area contributed by atoms with Crippen LogP contribution in [0, 0.1) is 0 Å². The molecular formula is C48H30N4. The predicted octanol–water partition coefficient (Wildman–Crippen LogP) is 12.3. The molecule has 0 spiro atoms. The minimum atomic E-state index is 0.896. The van der Waals surface area contributed by atoms with Crippen LogP contribution in [-0.4, -0.2) is 19.1 Å². The van der Waals surface area contributed by atoms with Crippen LogP contribution in [0.4, 0.5) is 0 Å². The van der Waals surface area contributed by atoms with Gasteiger partial charge in [-0.05, 0) is 77.4 Å². The van der Waals surface area contributed by atoms with Crippen LogP contribution in [0.2, 0.25) is 0 Å². The summed E-state index contributed by atoms with van der Waals surface area (Å²) in [7, 11) is 0. The lowest BCUT2D eigenvalue weighted by molar-refractivity contribution is 1.10. The van der Waals surface area contributed by atoms with Crippen LogP contribution in [0.25, 0.3) is 99.2 Å². The first-order chi connectivity index (χ1) is 25.8. The van der Waals surface area contributed by atoms with Gasteiger partial charge in [-0.25, -0.2) is 4.98 Å². The monoisotopic (exact) mass is 662 g/mol. The van der Waals surface area contributed by atoms with E-state index in [4.69, 9.17) is 9.97 Å². The highest BCUT2D eigenvalue weighted by atomic mass is 15.1. The molecule has 0 saturated heterocycles. The van der Waals surface area contributed by atoms with E-state index in [0.29, 0.717) is 0 Å². The number of hydrogen-bond donors (Lipinski definition) is 0. The van der Waals surface area contributed by atoms with E-state index in [1.54, 1.807) is 0 Å². The Hall–Kier alpha value is -7.04. The quantitative estimate of drug-likeness (QED) is 0.188. The summed E-state index contributed by atoms with van der Waals surface area (Å²) < 4.78 is 4.69. The fourth-order valence-electron chi connectivity index (χ4n) is 8.13. The van der Waals surface area contributed by atoms with Gasteiger partial charge >= 0.3 is 0 Å². The summed E-state index contributed by atoms with van der Waals surface area (Å²) in [6, 6.07) is 62.9. The number of rotatable bonds is 4. The van der Waals surface area contributed by atoms with Crippen molar-refractivity contribution in [2.75, 3.05) is 0 Å². The van der Waals surface area contributed by atoms with Gasteiger partial charge < -0.3 is 4.57 Å². The van der Waals surface area contributed by atoms with Crippen molar-refractivity contribution >= 4 is 65.4 Å². The number of benzene rings is 7. The van der Waals surface area contributed by atoms with Crippen molar-refractivity contribution in [1.29, 1.82) is 0 Å². The zero-order valence-electron chi connectivity index (χ0n) is 28.1. The lowest BCUT2D eigenvalue weighted by atomic mass is 9.97. The van der Waals surface area contributed by atoms with Gasteiger partial charge in [0.1, 0.15) is 5.82 Å². The van der Waals surface area contributed by atoms with Crippen molar-refractivity contribution in [2.24, 2.45) is 0 Å². The fourth-order valence-corrected chi connectivity index (χ4v) is 8.13. The van der Waals surface area contributed by atoms with Gasteiger partial charge in [-0.2, -0.15) is 0 Å². The van der Waals surface area contributed by atoms with E-state index in [0.717, 1.165) is 66.6 Å². The molecule has 0 bridgehead atoms. The van der Waals surface area contributed by atoms with E-state index in [-0.39, 0.29) is 0 Å². The Labute approximate surface area is 299 Å². The van der Waals surface area contributed by atoms with Crippen molar-refractivity contribution in [3.05, 3.63) is 182 Å². The van der Waals surface area contributed by atoms with Crippen molar-refractivity contribution in [2.45, 2.75) is 0 Å². The van der Waals surface area contributed by atoms with E-state index in [1.807, 2.05) is 12.3 Å². The second-order valence-electron chi connectivity index (χ2n) is 13.5. The van der Waals surface area contributed by atoms with Crippen LogP contribution < -0.4 is 0 Å². The first-order valence-corrected chi connectivity index (χ1v) is 17.7. The van der Waals surface area contributed by atoms with E-state index in [1.165, 1.54) is 32.6 Å². The SMILES string of the molecule is c1ccc2ncc(-c3ccc(-c4cc(-n5c6ccccc6c6ccccc65)nc5ccc(-n6c7ccccc7c7ccccc76)cc45)cc3)cc2c1. The van der Waals surface area contributed by atoms with Crippen molar-refractivity contribution in [3.8, 4) is 33.8 Å². The molecule has 7 aromatic carbocycles. The van der Waals surface area contributed by atoms with E-state index in [2.05, 4.69) is 179 Å². The summed E-state index contributed by atoms with van der Waals surface area (Å²) in [4.78, 5) is 10.1. The molecule has 0 unspecified atom stereocenters. The van der Waals surface area contributed by atoms with Crippen LogP contribution in [0.15, 0.2) is 182 Å². The fraction of sp³-hybridized carbons (Fsp3) is 0. The Bertz CT molecular complexity index is 3080. The Balaban J connectivity index is 1.15. The largest absolute Gasteiger partial charge is 0.309 e.